The SMILES string of the molecule is COc1ccc(Cl)cc1S(=O)(=O)N(C)CC(=O)NCc1ccc(S(=O)(=O)N2CCOCC2)cc1. The van der Waals surface area contributed by atoms with Crippen LogP contribution in [0.2, 0.25) is 5.02 Å². The highest BCUT2D eigenvalue weighted by atomic mass is 35.5. The molecule has 1 fully saturated rings. The summed E-state index contributed by atoms with van der Waals surface area (Å²) in [4.78, 5) is 12.4. The summed E-state index contributed by atoms with van der Waals surface area (Å²) in [6, 6.07) is 10.4. The summed E-state index contributed by atoms with van der Waals surface area (Å²) in [6.07, 6.45) is 0. The Labute approximate surface area is 204 Å². The highest BCUT2D eigenvalue weighted by molar-refractivity contribution is 7.89. The summed E-state index contributed by atoms with van der Waals surface area (Å²) in [6.45, 7) is 0.997. The van der Waals surface area contributed by atoms with E-state index in [1.807, 2.05) is 0 Å². The molecule has 13 heteroatoms. The molecule has 0 spiro atoms. The summed E-state index contributed by atoms with van der Waals surface area (Å²) < 4.78 is 63.7. The minimum atomic E-state index is -4.03. The molecule has 3 rings (SSSR count). The van der Waals surface area contributed by atoms with Crippen LogP contribution in [-0.4, -0.2) is 78.4 Å². The Morgan fingerprint density at radius 3 is 2.38 bits per heavy atom. The standard InChI is InChI=1S/C21H26ClN3O7S2/c1-24(34(29,30)20-13-17(22)5-8-19(20)31-2)15-21(26)23-14-16-3-6-18(7-4-16)33(27,28)25-9-11-32-12-10-25/h3-8,13H,9-12,14-15H2,1-2H3,(H,23,26). The van der Waals surface area contributed by atoms with E-state index in [1.54, 1.807) is 12.1 Å². The Morgan fingerprint density at radius 1 is 1.12 bits per heavy atom. The number of carbonyl (C=O) groups excluding carboxylic acids is 1. The molecule has 1 aliphatic heterocycles. The van der Waals surface area contributed by atoms with Gasteiger partial charge in [0.2, 0.25) is 26.0 Å². The van der Waals surface area contributed by atoms with Crippen molar-refractivity contribution in [2.75, 3.05) is 47.0 Å². The number of sulfonamides is 2. The summed E-state index contributed by atoms with van der Waals surface area (Å²) in [5.41, 5.74) is 0.663. The molecule has 0 aliphatic carbocycles. The van der Waals surface area contributed by atoms with Crippen molar-refractivity contribution < 1.29 is 31.1 Å². The number of rotatable bonds is 9. The number of likely N-dealkylation sites (N-methyl/N-ethyl adjacent to an activating group) is 1. The molecule has 186 valence electrons. The number of benzene rings is 2. The highest BCUT2D eigenvalue weighted by Gasteiger charge is 2.28. The van der Waals surface area contributed by atoms with E-state index >= 15 is 0 Å². The van der Waals surface area contributed by atoms with Crippen LogP contribution in [0.3, 0.4) is 0 Å². The average Bonchev–Trinajstić information content (AvgIpc) is 2.83. The van der Waals surface area contributed by atoms with Gasteiger partial charge < -0.3 is 14.8 Å². The molecule has 0 aromatic heterocycles. The number of carbonyl (C=O) groups is 1. The maximum atomic E-state index is 12.9. The van der Waals surface area contributed by atoms with E-state index in [0.29, 0.717) is 31.9 Å². The molecule has 1 N–H and O–H groups in total. The number of hydrogen-bond donors (Lipinski definition) is 1. The Morgan fingerprint density at radius 2 is 1.76 bits per heavy atom. The van der Waals surface area contributed by atoms with Gasteiger partial charge in [-0.2, -0.15) is 8.61 Å². The number of morpholine rings is 1. The zero-order valence-corrected chi connectivity index (χ0v) is 21.1. The Kier molecular flexibility index (Phi) is 8.55. The van der Waals surface area contributed by atoms with E-state index in [4.69, 9.17) is 21.1 Å². The van der Waals surface area contributed by atoms with E-state index in [1.165, 1.54) is 48.8 Å². The summed E-state index contributed by atoms with van der Waals surface area (Å²) >= 11 is 5.93. The van der Waals surface area contributed by atoms with Crippen LogP contribution >= 0.6 is 11.6 Å². The van der Waals surface area contributed by atoms with Gasteiger partial charge in [0.15, 0.2) is 0 Å². The number of amides is 1. The van der Waals surface area contributed by atoms with Crippen LogP contribution < -0.4 is 10.1 Å². The number of methoxy groups -OCH3 is 1. The molecule has 1 amide bonds. The molecule has 1 heterocycles. The number of ether oxygens (including phenoxy) is 2. The van der Waals surface area contributed by atoms with Gasteiger partial charge in [-0.3, -0.25) is 4.79 Å². The molecule has 0 saturated carbocycles. The Hall–Kier alpha value is -2.22. The first kappa shape index (κ1) is 26.4. The maximum absolute atomic E-state index is 12.9. The van der Waals surface area contributed by atoms with Crippen LogP contribution in [0, 0.1) is 0 Å². The van der Waals surface area contributed by atoms with Gasteiger partial charge >= 0.3 is 0 Å². The second-order valence-electron chi connectivity index (χ2n) is 7.49. The third kappa shape index (κ3) is 6.06. The van der Waals surface area contributed by atoms with Crippen molar-refractivity contribution >= 4 is 37.6 Å². The third-order valence-electron chi connectivity index (χ3n) is 5.20. The van der Waals surface area contributed by atoms with E-state index in [9.17, 15) is 21.6 Å². The lowest BCUT2D eigenvalue weighted by Gasteiger charge is -2.26. The fraction of sp³-hybridized carbons (Fsp3) is 0.381. The lowest BCUT2D eigenvalue weighted by atomic mass is 10.2. The summed E-state index contributed by atoms with van der Waals surface area (Å²) in [7, 11) is -5.02. The van der Waals surface area contributed by atoms with Gasteiger partial charge in [0.25, 0.3) is 0 Å². The Balaban J connectivity index is 1.60. The molecular formula is C21H26ClN3O7S2. The fourth-order valence-electron chi connectivity index (χ4n) is 3.28. The monoisotopic (exact) mass is 531 g/mol. The molecular weight excluding hydrogens is 506 g/mol. The van der Waals surface area contributed by atoms with E-state index in [2.05, 4.69) is 5.32 Å². The fourth-order valence-corrected chi connectivity index (χ4v) is 6.23. The minimum absolute atomic E-state index is 0.102. The molecule has 2 aromatic rings. The minimum Gasteiger partial charge on any atom is -0.495 e. The summed E-state index contributed by atoms with van der Waals surface area (Å²) in [5.74, 6) is -0.416. The first-order valence-electron chi connectivity index (χ1n) is 10.3. The van der Waals surface area contributed by atoms with Gasteiger partial charge in [0.1, 0.15) is 10.6 Å². The Bertz CT molecular complexity index is 1230. The third-order valence-corrected chi connectivity index (χ3v) is 9.17. The number of nitrogens with zero attached hydrogens (tertiary/aromatic N) is 2. The quantitative estimate of drug-likeness (QED) is 0.517. The first-order chi connectivity index (χ1) is 16.1. The van der Waals surface area contributed by atoms with Crippen LogP contribution in [0.15, 0.2) is 52.3 Å². The zero-order valence-electron chi connectivity index (χ0n) is 18.7. The molecule has 0 bridgehead atoms. The van der Waals surface area contributed by atoms with Crippen molar-refractivity contribution in [3.63, 3.8) is 0 Å². The van der Waals surface area contributed by atoms with Gasteiger partial charge in [0.05, 0.1) is 31.8 Å². The predicted octanol–water partition coefficient (Wildman–Crippen LogP) is 1.31. The second-order valence-corrected chi connectivity index (χ2v) is 11.9. The zero-order chi connectivity index (χ0) is 24.9. The van der Waals surface area contributed by atoms with Crippen LogP contribution in [-0.2, 0) is 36.1 Å². The van der Waals surface area contributed by atoms with Crippen LogP contribution in [0.5, 0.6) is 5.75 Å². The average molecular weight is 532 g/mol. The predicted molar refractivity (Wildman–Crippen MR) is 126 cm³/mol. The molecule has 2 aromatic carbocycles. The highest BCUT2D eigenvalue weighted by Crippen LogP contribution is 2.29. The molecule has 0 atom stereocenters. The molecule has 0 radical (unpaired) electrons. The van der Waals surface area contributed by atoms with Gasteiger partial charge in [0, 0.05) is 31.7 Å². The largest absolute Gasteiger partial charge is 0.495 e. The molecule has 10 nitrogen and oxygen atoms in total. The van der Waals surface area contributed by atoms with Gasteiger partial charge in [-0.1, -0.05) is 23.7 Å². The number of halogens is 1. The van der Waals surface area contributed by atoms with E-state index < -0.39 is 32.5 Å². The lowest BCUT2D eigenvalue weighted by molar-refractivity contribution is -0.121. The van der Waals surface area contributed by atoms with E-state index in [0.717, 1.165) is 4.31 Å². The van der Waals surface area contributed by atoms with Gasteiger partial charge in [-0.05, 0) is 35.9 Å². The van der Waals surface area contributed by atoms with Crippen molar-refractivity contribution in [1.29, 1.82) is 0 Å². The van der Waals surface area contributed by atoms with Crippen molar-refractivity contribution in [1.82, 2.24) is 13.9 Å². The number of nitrogens with one attached hydrogen (secondary N) is 1. The van der Waals surface area contributed by atoms with Crippen LogP contribution in [0.25, 0.3) is 0 Å². The van der Waals surface area contributed by atoms with E-state index in [-0.39, 0.29) is 27.1 Å². The lowest BCUT2D eigenvalue weighted by Crippen LogP contribution is -2.40. The van der Waals surface area contributed by atoms with Gasteiger partial charge in [-0.15, -0.1) is 0 Å². The molecule has 0 unspecified atom stereocenters. The van der Waals surface area contributed by atoms with Crippen molar-refractivity contribution in [3.05, 3.63) is 53.1 Å². The molecule has 1 saturated heterocycles. The topological polar surface area (TPSA) is 122 Å². The van der Waals surface area contributed by atoms with Crippen molar-refractivity contribution in [2.45, 2.75) is 16.3 Å². The number of hydrogen-bond acceptors (Lipinski definition) is 7. The summed E-state index contributed by atoms with van der Waals surface area (Å²) in [5, 5.41) is 2.86. The molecule has 1 aliphatic rings. The second kappa shape index (κ2) is 11.0. The van der Waals surface area contributed by atoms with Crippen LogP contribution in [0.4, 0.5) is 0 Å². The van der Waals surface area contributed by atoms with Crippen molar-refractivity contribution in [3.8, 4) is 5.75 Å². The van der Waals surface area contributed by atoms with Crippen LogP contribution in [0.1, 0.15) is 5.56 Å². The smallest absolute Gasteiger partial charge is 0.247 e. The first-order valence-corrected chi connectivity index (χ1v) is 13.5. The maximum Gasteiger partial charge on any atom is 0.247 e. The normalized spacial score (nSPS) is 15.3. The van der Waals surface area contributed by atoms with Crippen molar-refractivity contribution in [2.24, 2.45) is 0 Å². The van der Waals surface area contributed by atoms with Gasteiger partial charge in [-0.25, -0.2) is 16.8 Å². The molecule has 34 heavy (non-hydrogen) atoms.